The van der Waals surface area contributed by atoms with E-state index >= 15 is 0 Å². The number of thioether (sulfide) groups is 1. The Kier molecular flexibility index (Phi) is 5.33. The van der Waals surface area contributed by atoms with Gasteiger partial charge in [-0.05, 0) is 37.4 Å². The fourth-order valence-electron chi connectivity index (χ4n) is 1.50. The second-order valence-corrected chi connectivity index (χ2v) is 7.12. The minimum absolute atomic E-state index is 0.142. The number of rotatable bonds is 6. The van der Waals surface area contributed by atoms with Crippen molar-refractivity contribution in [1.29, 1.82) is 0 Å². The molecular weight excluding hydrogens is 254 g/mol. The monoisotopic (exact) mass is 273 g/mol. The Morgan fingerprint density at radius 2 is 1.88 bits per heavy atom. The summed E-state index contributed by atoms with van der Waals surface area (Å²) >= 11 is 1.78. The van der Waals surface area contributed by atoms with Gasteiger partial charge in [-0.1, -0.05) is 6.92 Å². The van der Waals surface area contributed by atoms with E-state index < -0.39 is 9.84 Å². The van der Waals surface area contributed by atoms with Crippen LogP contribution in [0.1, 0.15) is 13.8 Å². The van der Waals surface area contributed by atoms with Gasteiger partial charge < -0.3 is 5.32 Å². The molecule has 1 atom stereocenters. The molecule has 0 aromatic heterocycles. The largest absolute Gasteiger partial charge is 0.382 e. The van der Waals surface area contributed by atoms with Crippen LogP contribution in [0.2, 0.25) is 0 Å². The highest BCUT2D eigenvalue weighted by Gasteiger charge is 2.10. The fourth-order valence-corrected chi connectivity index (χ4v) is 2.97. The lowest BCUT2D eigenvalue weighted by Gasteiger charge is -2.14. The van der Waals surface area contributed by atoms with Gasteiger partial charge in [0.15, 0.2) is 9.84 Å². The van der Waals surface area contributed by atoms with Gasteiger partial charge in [0.05, 0.1) is 10.6 Å². The topological polar surface area (TPSA) is 46.2 Å². The van der Waals surface area contributed by atoms with E-state index in [1.54, 1.807) is 30.8 Å². The summed E-state index contributed by atoms with van der Waals surface area (Å²) < 4.78 is 23.2. The van der Waals surface area contributed by atoms with Crippen LogP contribution in [0.3, 0.4) is 0 Å². The Bertz CT molecular complexity index is 440. The SMILES string of the molecule is CCS(=O)(=O)c1ccc(NC(C)CSC)cc1. The smallest absolute Gasteiger partial charge is 0.178 e. The average Bonchev–Trinajstić information content (AvgIpc) is 2.30. The third-order valence-corrected chi connectivity index (χ3v) is 5.01. The summed E-state index contributed by atoms with van der Waals surface area (Å²) in [7, 11) is -3.09. The van der Waals surface area contributed by atoms with E-state index in [0.29, 0.717) is 10.9 Å². The van der Waals surface area contributed by atoms with Crippen LogP contribution < -0.4 is 5.32 Å². The second-order valence-electron chi connectivity index (χ2n) is 3.93. The lowest BCUT2D eigenvalue weighted by molar-refractivity contribution is 0.597. The van der Waals surface area contributed by atoms with Crippen molar-refractivity contribution in [2.75, 3.05) is 23.1 Å². The predicted molar refractivity (Wildman–Crippen MR) is 75.6 cm³/mol. The molecule has 0 saturated carbocycles. The van der Waals surface area contributed by atoms with Crippen LogP contribution in [-0.2, 0) is 9.84 Å². The Hall–Kier alpha value is -0.680. The summed E-state index contributed by atoms with van der Waals surface area (Å²) in [4.78, 5) is 0.392. The molecule has 0 fully saturated rings. The molecule has 0 saturated heterocycles. The third kappa shape index (κ3) is 4.24. The molecule has 3 nitrogen and oxygen atoms in total. The van der Waals surface area contributed by atoms with Crippen LogP contribution in [0.4, 0.5) is 5.69 Å². The van der Waals surface area contributed by atoms with E-state index in [1.807, 2.05) is 12.1 Å². The maximum absolute atomic E-state index is 11.6. The molecule has 96 valence electrons. The minimum atomic E-state index is -3.09. The van der Waals surface area contributed by atoms with Crippen molar-refractivity contribution >= 4 is 27.3 Å². The number of nitrogens with one attached hydrogen (secondary N) is 1. The highest BCUT2D eigenvalue weighted by molar-refractivity contribution is 7.98. The highest BCUT2D eigenvalue weighted by atomic mass is 32.2. The molecular formula is C12H19NO2S2. The van der Waals surface area contributed by atoms with Crippen molar-refractivity contribution in [3.05, 3.63) is 24.3 Å². The zero-order valence-corrected chi connectivity index (χ0v) is 12.1. The third-order valence-electron chi connectivity index (χ3n) is 2.42. The van der Waals surface area contributed by atoms with E-state index in [1.165, 1.54) is 0 Å². The number of sulfone groups is 1. The summed E-state index contributed by atoms with van der Waals surface area (Å²) in [6.07, 6.45) is 2.06. The summed E-state index contributed by atoms with van der Waals surface area (Å²) in [5, 5.41) is 3.32. The Labute approximate surface area is 108 Å². The molecule has 0 heterocycles. The summed E-state index contributed by atoms with van der Waals surface area (Å²) in [6.45, 7) is 3.76. The molecule has 1 aromatic carbocycles. The van der Waals surface area contributed by atoms with Gasteiger partial charge in [0.25, 0.3) is 0 Å². The number of hydrogen-bond acceptors (Lipinski definition) is 4. The second kappa shape index (κ2) is 6.31. The van der Waals surface area contributed by atoms with E-state index in [4.69, 9.17) is 0 Å². The maximum atomic E-state index is 11.6. The molecule has 17 heavy (non-hydrogen) atoms. The zero-order chi connectivity index (χ0) is 12.9. The van der Waals surface area contributed by atoms with E-state index in [2.05, 4.69) is 18.5 Å². The van der Waals surface area contributed by atoms with Gasteiger partial charge in [0.1, 0.15) is 0 Å². The van der Waals surface area contributed by atoms with E-state index in [9.17, 15) is 8.42 Å². The molecule has 1 N–H and O–H groups in total. The molecule has 1 aromatic rings. The van der Waals surface area contributed by atoms with Crippen molar-refractivity contribution in [2.24, 2.45) is 0 Å². The van der Waals surface area contributed by atoms with Crippen molar-refractivity contribution in [1.82, 2.24) is 0 Å². The van der Waals surface area contributed by atoms with Crippen molar-refractivity contribution in [3.63, 3.8) is 0 Å². The normalized spacial score (nSPS) is 13.4. The van der Waals surface area contributed by atoms with Crippen molar-refractivity contribution in [3.8, 4) is 0 Å². The predicted octanol–water partition coefficient (Wildman–Crippen LogP) is 2.64. The maximum Gasteiger partial charge on any atom is 0.178 e. The van der Waals surface area contributed by atoms with Gasteiger partial charge in [-0.25, -0.2) is 8.42 Å². The summed E-state index contributed by atoms with van der Waals surface area (Å²) in [5.74, 6) is 1.16. The Morgan fingerprint density at radius 3 is 2.35 bits per heavy atom. The summed E-state index contributed by atoms with van der Waals surface area (Å²) in [6, 6.07) is 7.33. The lowest BCUT2D eigenvalue weighted by atomic mass is 10.3. The van der Waals surface area contributed by atoms with Crippen LogP contribution in [-0.4, -0.2) is 32.2 Å². The molecule has 0 aliphatic carbocycles. The van der Waals surface area contributed by atoms with Crippen LogP contribution in [0.5, 0.6) is 0 Å². The van der Waals surface area contributed by atoms with Crippen molar-refractivity contribution < 1.29 is 8.42 Å². The molecule has 1 rings (SSSR count). The summed E-state index contributed by atoms with van der Waals surface area (Å²) in [5.41, 5.74) is 0.960. The van der Waals surface area contributed by atoms with Crippen molar-refractivity contribution in [2.45, 2.75) is 24.8 Å². The minimum Gasteiger partial charge on any atom is -0.382 e. The van der Waals surface area contributed by atoms with Crippen LogP contribution in [0, 0.1) is 0 Å². The molecule has 0 aliphatic heterocycles. The van der Waals surface area contributed by atoms with Crippen LogP contribution in [0.25, 0.3) is 0 Å². The van der Waals surface area contributed by atoms with E-state index in [0.717, 1.165) is 11.4 Å². The quantitative estimate of drug-likeness (QED) is 0.865. The molecule has 0 bridgehead atoms. The lowest BCUT2D eigenvalue weighted by Crippen LogP contribution is -2.17. The van der Waals surface area contributed by atoms with Gasteiger partial charge in [0, 0.05) is 17.5 Å². The van der Waals surface area contributed by atoms with Gasteiger partial charge >= 0.3 is 0 Å². The highest BCUT2D eigenvalue weighted by Crippen LogP contribution is 2.16. The van der Waals surface area contributed by atoms with Crippen LogP contribution >= 0.6 is 11.8 Å². The molecule has 0 amide bonds. The fraction of sp³-hybridized carbons (Fsp3) is 0.500. The standard InChI is InChI=1S/C12H19NO2S2/c1-4-17(14,15)12-7-5-11(6-8-12)13-10(2)9-16-3/h5-8,10,13H,4,9H2,1-3H3. The molecule has 0 radical (unpaired) electrons. The Balaban J connectivity index is 2.75. The Morgan fingerprint density at radius 1 is 1.29 bits per heavy atom. The van der Waals surface area contributed by atoms with Gasteiger partial charge in [-0.15, -0.1) is 0 Å². The first-order valence-corrected chi connectivity index (χ1v) is 8.62. The molecule has 5 heteroatoms. The van der Waals surface area contributed by atoms with Gasteiger partial charge in [-0.3, -0.25) is 0 Å². The molecule has 0 aliphatic rings. The number of benzene rings is 1. The van der Waals surface area contributed by atoms with E-state index in [-0.39, 0.29) is 5.75 Å². The zero-order valence-electron chi connectivity index (χ0n) is 10.4. The first-order chi connectivity index (χ1) is 7.99. The number of anilines is 1. The van der Waals surface area contributed by atoms with Gasteiger partial charge in [0.2, 0.25) is 0 Å². The van der Waals surface area contributed by atoms with Crippen LogP contribution in [0.15, 0.2) is 29.2 Å². The van der Waals surface area contributed by atoms with Gasteiger partial charge in [-0.2, -0.15) is 11.8 Å². The molecule has 0 spiro atoms. The number of hydrogen-bond donors (Lipinski definition) is 1. The first-order valence-electron chi connectivity index (χ1n) is 5.58. The average molecular weight is 273 g/mol. The first kappa shape index (κ1) is 14.4. The molecule has 1 unspecified atom stereocenters.